The minimum Gasteiger partial charge on any atom is -0.279 e. The molecular formula is C8H9IN2. The molecule has 1 aromatic rings. The highest BCUT2D eigenvalue weighted by Gasteiger charge is 1.87. The first-order valence-corrected chi connectivity index (χ1v) is 4.40. The van der Waals surface area contributed by atoms with Gasteiger partial charge in [0.1, 0.15) is 0 Å². The number of nitrogens with one attached hydrogen (secondary N) is 1. The summed E-state index contributed by atoms with van der Waals surface area (Å²) < 4.78 is 1.23. The van der Waals surface area contributed by atoms with Crippen molar-refractivity contribution in [2.45, 2.75) is 6.92 Å². The minimum atomic E-state index is 1.02. The summed E-state index contributed by atoms with van der Waals surface area (Å²) in [7, 11) is 0. The lowest BCUT2D eigenvalue weighted by molar-refractivity contribution is 1.34. The molecule has 0 unspecified atom stereocenters. The van der Waals surface area contributed by atoms with Gasteiger partial charge in [0.05, 0.1) is 5.69 Å². The number of hydrogen-bond donors (Lipinski definition) is 1. The highest BCUT2D eigenvalue weighted by atomic mass is 127. The lowest BCUT2D eigenvalue weighted by atomic mass is 10.3. The van der Waals surface area contributed by atoms with Crippen LogP contribution in [-0.4, -0.2) is 6.21 Å². The normalized spacial score (nSPS) is 10.4. The molecule has 0 saturated carbocycles. The van der Waals surface area contributed by atoms with Crippen LogP contribution in [0.2, 0.25) is 0 Å². The number of anilines is 1. The van der Waals surface area contributed by atoms with Crippen LogP contribution < -0.4 is 5.43 Å². The topological polar surface area (TPSA) is 24.4 Å². The summed E-state index contributed by atoms with van der Waals surface area (Å²) in [6, 6.07) is 8.06. The third-order valence-corrected chi connectivity index (χ3v) is 1.89. The maximum absolute atomic E-state index is 3.89. The van der Waals surface area contributed by atoms with Crippen molar-refractivity contribution in [1.29, 1.82) is 0 Å². The zero-order valence-corrected chi connectivity index (χ0v) is 8.37. The quantitative estimate of drug-likeness (QED) is 0.493. The summed E-state index contributed by atoms with van der Waals surface area (Å²) in [5.74, 6) is 0. The van der Waals surface area contributed by atoms with Crippen LogP contribution in [0.25, 0.3) is 0 Å². The van der Waals surface area contributed by atoms with E-state index in [0.29, 0.717) is 0 Å². The van der Waals surface area contributed by atoms with E-state index < -0.39 is 0 Å². The van der Waals surface area contributed by atoms with Crippen molar-refractivity contribution in [3.8, 4) is 0 Å². The number of benzene rings is 1. The van der Waals surface area contributed by atoms with E-state index in [4.69, 9.17) is 0 Å². The second-order valence-electron chi connectivity index (χ2n) is 2.01. The Morgan fingerprint density at radius 1 is 1.36 bits per heavy atom. The Balaban J connectivity index is 2.66. The van der Waals surface area contributed by atoms with Gasteiger partial charge in [0.25, 0.3) is 0 Å². The van der Waals surface area contributed by atoms with Crippen LogP contribution in [0.3, 0.4) is 0 Å². The molecule has 0 aliphatic rings. The van der Waals surface area contributed by atoms with Crippen LogP contribution >= 0.6 is 22.6 Å². The van der Waals surface area contributed by atoms with Gasteiger partial charge in [-0.2, -0.15) is 5.10 Å². The highest BCUT2D eigenvalue weighted by molar-refractivity contribution is 14.1. The average Bonchev–Trinajstić information content (AvgIpc) is 2.04. The van der Waals surface area contributed by atoms with Crippen molar-refractivity contribution in [2.75, 3.05) is 5.43 Å². The number of hydrogen-bond acceptors (Lipinski definition) is 2. The zero-order chi connectivity index (χ0) is 8.10. The van der Waals surface area contributed by atoms with Gasteiger partial charge in [-0.1, -0.05) is 0 Å². The Morgan fingerprint density at radius 3 is 2.55 bits per heavy atom. The molecule has 0 aliphatic heterocycles. The monoisotopic (exact) mass is 260 g/mol. The number of halogens is 1. The molecule has 0 saturated heterocycles. The molecule has 3 heteroatoms. The van der Waals surface area contributed by atoms with Crippen LogP contribution in [0.4, 0.5) is 5.69 Å². The van der Waals surface area contributed by atoms with Gasteiger partial charge in [-0.3, -0.25) is 5.43 Å². The molecule has 0 fully saturated rings. The molecule has 11 heavy (non-hydrogen) atoms. The molecule has 0 radical (unpaired) electrons. The fourth-order valence-electron chi connectivity index (χ4n) is 0.664. The van der Waals surface area contributed by atoms with E-state index in [0.717, 1.165) is 5.69 Å². The molecule has 0 aromatic heterocycles. The molecule has 1 aromatic carbocycles. The Hall–Kier alpha value is -0.580. The van der Waals surface area contributed by atoms with Crippen LogP contribution in [0.1, 0.15) is 6.92 Å². The van der Waals surface area contributed by atoms with Crippen molar-refractivity contribution in [1.82, 2.24) is 0 Å². The van der Waals surface area contributed by atoms with Gasteiger partial charge in [0.2, 0.25) is 0 Å². The third kappa shape index (κ3) is 2.88. The predicted octanol–water partition coefficient (Wildman–Crippen LogP) is 2.71. The molecule has 0 bridgehead atoms. The van der Waals surface area contributed by atoms with Crippen LogP contribution in [0, 0.1) is 3.57 Å². The predicted molar refractivity (Wildman–Crippen MR) is 56.9 cm³/mol. The van der Waals surface area contributed by atoms with E-state index in [9.17, 15) is 0 Å². The van der Waals surface area contributed by atoms with Gasteiger partial charge in [-0.15, -0.1) is 0 Å². The fourth-order valence-corrected chi connectivity index (χ4v) is 1.02. The Bertz CT molecular complexity index is 241. The van der Waals surface area contributed by atoms with E-state index in [2.05, 4.69) is 33.1 Å². The number of rotatable bonds is 2. The van der Waals surface area contributed by atoms with E-state index in [1.807, 2.05) is 31.2 Å². The van der Waals surface area contributed by atoms with E-state index in [1.165, 1.54) is 3.57 Å². The largest absolute Gasteiger partial charge is 0.279 e. The Kier molecular flexibility index (Phi) is 3.35. The van der Waals surface area contributed by atoms with E-state index >= 15 is 0 Å². The van der Waals surface area contributed by atoms with Crippen LogP contribution in [-0.2, 0) is 0 Å². The van der Waals surface area contributed by atoms with Gasteiger partial charge >= 0.3 is 0 Å². The summed E-state index contributed by atoms with van der Waals surface area (Å²) in [5.41, 5.74) is 3.90. The van der Waals surface area contributed by atoms with Crippen molar-refractivity contribution in [2.24, 2.45) is 5.10 Å². The Morgan fingerprint density at radius 2 is 2.00 bits per heavy atom. The molecule has 2 nitrogen and oxygen atoms in total. The highest BCUT2D eigenvalue weighted by Crippen LogP contribution is 2.10. The molecule has 1 N–H and O–H groups in total. The maximum atomic E-state index is 3.89. The summed E-state index contributed by atoms with van der Waals surface area (Å²) in [6.07, 6.45) is 1.72. The lowest BCUT2D eigenvalue weighted by Crippen LogP contribution is -1.86. The van der Waals surface area contributed by atoms with Crippen LogP contribution in [0.5, 0.6) is 0 Å². The maximum Gasteiger partial charge on any atom is 0.0562 e. The second kappa shape index (κ2) is 4.33. The van der Waals surface area contributed by atoms with Crippen LogP contribution in [0.15, 0.2) is 29.4 Å². The van der Waals surface area contributed by atoms with E-state index in [1.54, 1.807) is 6.21 Å². The van der Waals surface area contributed by atoms with Crippen molar-refractivity contribution in [3.05, 3.63) is 27.8 Å². The third-order valence-electron chi connectivity index (χ3n) is 1.17. The van der Waals surface area contributed by atoms with E-state index in [-0.39, 0.29) is 0 Å². The second-order valence-corrected chi connectivity index (χ2v) is 3.25. The Labute approximate surface area is 79.8 Å². The minimum absolute atomic E-state index is 1.02. The molecule has 58 valence electrons. The van der Waals surface area contributed by atoms with Gasteiger partial charge < -0.3 is 0 Å². The molecule has 1 rings (SSSR count). The average molecular weight is 260 g/mol. The van der Waals surface area contributed by atoms with Crippen molar-refractivity contribution >= 4 is 34.5 Å². The first-order chi connectivity index (χ1) is 5.33. The molecule has 0 amide bonds. The molecule has 0 spiro atoms. The van der Waals surface area contributed by atoms with Gasteiger partial charge in [0.15, 0.2) is 0 Å². The molecular weight excluding hydrogens is 251 g/mol. The summed E-state index contributed by atoms with van der Waals surface area (Å²) >= 11 is 2.27. The smallest absolute Gasteiger partial charge is 0.0562 e. The number of nitrogens with zero attached hydrogens (tertiary/aromatic N) is 1. The van der Waals surface area contributed by atoms with Crippen molar-refractivity contribution in [3.63, 3.8) is 0 Å². The first-order valence-electron chi connectivity index (χ1n) is 3.32. The number of hydrazone groups is 1. The summed E-state index contributed by atoms with van der Waals surface area (Å²) in [6.45, 7) is 1.87. The molecule has 0 aliphatic carbocycles. The fraction of sp³-hybridized carbons (Fsp3) is 0.125. The zero-order valence-electron chi connectivity index (χ0n) is 6.21. The summed E-state index contributed by atoms with van der Waals surface area (Å²) in [4.78, 5) is 0. The van der Waals surface area contributed by atoms with Crippen molar-refractivity contribution < 1.29 is 0 Å². The standard InChI is InChI=1S/C8H9IN2/c1-2-10-11-8-5-3-7(9)4-6-8/h2-6,11H,1H3/b10-2+. The lowest BCUT2D eigenvalue weighted by Gasteiger charge is -1.97. The van der Waals surface area contributed by atoms with Gasteiger partial charge in [-0.25, -0.2) is 0 Å². The molecule has 0 heterocycles. The summed E-state index contributed by atoms with van der Waals surface area (Å²) in [5, 5.41) is 3.89. The van der Waals surface area contributed by atoms with Gasteiger partial charge in [0, 0.05) is 9.78 Å². The van der Waals surface area contributed by atoms with Gasteiger partial charge in [-0.05, 0) is 53.8 Å². The SMILES string of the molecule is C/C=N/Nc1ccc(I)cc1. The molecule has 0 atom stereocenters. The first kappa shape index (κ1) is 8.52.